The molecule has 1 atom stereocenters. The number of ether oxygens (including phenoxy) is 1. The lowest BCUT2D eigenvalue weighted by molar-refractivity contribution is -0.00377. The Hall–Kier alpha value is -1.63. The van der Waals surface area contributed by atoms with Crippen molar-refractivity contribution in [3.05, 3.63) is 57.5 Å². The Morgan fingerprint density at radius 2 is 2.17 bits per heavy atom. The smallest absolute Gasteiger partial charge is 0.259 e. The Morgan fingerprint density at radius 1 is 1.39 bits per heavy atom. The number of nitrogens with zero attached hydrogens (tertiary/aromatic N) is 2. The summed E-state index contributed by atoms with van der Waals surface area (Å²) in [7, 11) is 0. The van der Waals surface area contributed by atoms with E-state index in [1.165, 1.54) is 11.8 Å². The minimum atomic E-state index is -0.335. The molecule has 3 rings (SSSR count). The van der Waals surface area contributed by atoms with Gasteiger partial charge in [0, 0.05) is 17.7 Å². The fraction of sp³-hybridized carbons (Fsp3) is 0.412. The van der Waals surface area contributed by atoms with Crippen LogP contribution in [0.5, 0.6) is 0 Å². The van der Waals surface area contributed by atoms with Crippen LogP contribution < -0.4 is 5.56 Å². The zero-order valence-electron chi connectivity index (χ0n) is 13.1. The van der Waals surface area contributed by atoms with Crippen LogP contribution in [0.1, 0.15) is 30.0 Å². The van der Waals surface area contributed by atoms with Gasteiger partial charge in [0.15, 0.2) is 5.16 Å². The maximum Gasteiger partial charge on any atom is 0.259 e. The summed E-state index contributed by atoms with van der Waals surface area (Å²) in [6.45, 7) is 2.15. The van der Waals surface area contributed by atoms with Gasteiger partial charge in [-0.05, 0) is 12.0 Å². The fourth-order valence-corrected chi connectivity index (χ4v) is 3.82. The molecule has 1 aromatic carbocycles. The number of fused-ring (bicyclic) bond motifs is 1. The van der Waals surface area contributed by atoms with Crippen LogP contribution in [0.15, 0.2) is 40.3 Å². The Morgan fingerprint density at radius 3 is 2.87 bits per heavy atom. The monoisotopic (exact) mass is 332 g/mol. The van der Waals surface area contributed by atoms with E-state index in [2.05, 4.69) is 0 Å². The van der Waals surface area contributed by atoms with Crippen molar-refractivity contribution in [1.29, 1.82) is 0 Å². The molecule has 1 aliphatic rings. The lowest BCUT2D eigenvalue weighted by Crippen LogP contribution is -2.30. The molecule has 6 heteroatoms. The molecule has 2 heterocycles. The summed E-state index contributed by atoms with van der Waals surface area (Å²) in [4.78, 5) is 17.6. The average molecular weight is 332 g/mol. The lowest BCUT2D eigenvalue weighted by atomic mass is 10.0. The van der Waals surface area contributed by atoms with Crippen LogP contribution in [-0.4, -0.2) is 33.6 Å². The normalized spacial score (nSPS) is 16.5. The van der Waals surface area contributed by atoms with Gasteiger partial charge >= 0.3 is 0 Å². The maximum atomic E-state index is 12.8. The first kappa shape index (κ1) is 16.2. The second-order valence-corrected chi connectivity index (χ2v) is 6.36. The summed E-state index contributed by atoms with van der Waals surface area (Å²) in [6.07, 6.45) is 0.972. The minimum Gasteiger partial charge on any atom is -0.394 e. The second-order valence-electron chi connectivity index (χ2n) is 5.37. The molecule has 0 radical (unpaired) electrons. The van der Waals surface area contributed by atoms with Crippen LogP contribution in [0.3, 0.4) is 0 Å². The van der Waals surface area contributed by atoms with Gasteiger partial charge in [-0.25, -0.2) is 4.98 Å². The summed E-state index contributed by atoms with van der Waals surface area (Å²) in [5, 5.41) is 9.63. The lowest BCUT2D eigenvalue weighted by Gasteiger charge is -2.16. The molecule has 1 aromatic heterocycles. The number of hydrogen-bond donors (Lipinski definition) is 1. The fourth-order valence-electron chi connectivity index (χ4n) is 2.77. The van der Waals surface area contributed by atoms with Gasteiger partial charge in [0.25, 0.3) is 5.56 Å². The van der Waals surface area contributed by atoms with Crippen molar-refractivity contribution in [2.45, 2.75) is 31.1 Å². The molecule has 0 spiro atoms. The molecule has 23 heavy (non-hydrogen) atoms. The number of rotatable bonds is 6. The molecule has 122 valence electrons. The van der Waals surface area contributed by atoms with Gasteiger partial charge in [-0.3, -0.25) is 9.36 Å². The van der Waals surface area contributed by atoms with Crippen molar-refractivity contribution in [2.24, 2.45) is 0 Å². The van der Waals surface area contributed by atoms with E-state index in [-0.39, 0.29) is 25.0 Å². The first-order valence-electron chi connectivity index (χ1n) is 7.78. The zero-order valence-corrected chi connectivity index (χ0v) is 13.9. The first-order chi connectivity index (χ1) is 11.2. The number of benzene rings is 1. The molecule has 0 amide bonds. The zero-order chi connectivity index (χ0) is 16.2. The van der Waals surface area contributed by atoms with Crippen molar-refractivity contribution in [3.63, 3.8) is 0 Å². The third-order valence-corrected chi connectivity index (χ3v) is 4.87. The van der Waals surface area contributed by atoms with Gasteiger partial charge in [-0.1, -0.05) is 49.0 Å². The van der Waals surface area contributed by atoms with E-state index in [9.17, 15) is 4.79 Å². The summed E-state index contributed by atoms with van der Waals surface area (Å²) in [5.41, 5.74) is 2.73. The number of aromatic nitrogens is 2. The molecule has 1 aliphatic heterocycles. The van der Waals surface area contributed by atoms with E-state index in [1.54, 1.807) is 4.57 Å². The Labute approximate surface area is 139 Å². The number of hydrogen-bond acceptors (Lipinski definition) is 5. The molecule has 1 unspecified atom stereocenters. The quantitative estimate of drug-likeness (QED) is 0.820. The van der Waals surface area contributed by atoms with Crippen molar-refractivity contribution in [1.82, 2.24) is 9.55 Å². The van der Waals surface area contributed by atoms with Crippen molar-refractivity contribution in [3.8, 4) is 0 Å². The van der Waals surface area contributed by atoms with Crippen LogP contribution in [0, 0.1) is 0 Å². The van der Waals surface area contributed by atoms with Crippen LogP contribution >= 0.6 is 11.8 Å². The standard InChI is InChI=1S/C17H20N2O3S/c1-2-13-14(10-12-6-4-3-5-7-12)18-17-19(16(13)21)15(11-23-17)22-9-8-20/h3-7,15,20H,2,8-11H2,1H3. The summed E-state index contributed by atoms with van der Waals surface area (Å²) >= 11 is 1.53. The highest BCUT2D eigenvalue weighted by atomic mass is 32.2. The summed E-state index contributed by atoms with van der Waals surface area (Å²) in [5.74, 6) is 0.653. The molecule has 0 aliphatic carbocycles. The summed E-state index contributed by atoms with van der Waals surface area (Å²) in [6, 6.07) is 10.1. The van der Waals surface area contributed by atoms with E-state index < -0.39 is 0 Å². The van der Waals surface area contributed by atoms with Crippen LogP contribution in [-0.2, 0) is 17.6 Å². The first-order valence-corrected chi connectivity index (χ1v) is 8.76. The third-order valence-electron chi connectivity index (χ3n) is 3.87. The van der Waals surface area contributed by atoms with Crippen molar-refractivity contribution >= 4 is 11.8 Å². The van der Waals surface area contributed by atoms with Gasteiger partial charge < -0.3 is 9.84 Å². The van der Waals surface area contributed by atoms with E-state index in [0.29, 0.717) is 23.8 Å². The molecule has 0 fully saturated rings. The number of thioether (sulfide) groups is 1. The van der Waals surface area contributed by atoms with Crippen molar-refractivity contribution < 1.29 is 9.84 Å². The van der Waals surface area contributed by atoms with Crippen molar-refractivity contribution in [2.75, 3.05) is 19.0 Å². The van der Waals surface area contributed by atoms with Gasteiger partial charge in [-0.15, -0.1) is 0 Å². The molecular weight excluding hydrogens is 312 g/mol. The van der Waals surface area contributed by atoms with Gasteiger partial charge in [0.05, 0.1) is 18.9 Å². The Kier molecular flexibility index (Phi) is 5.15. The molecule has 0 saturated heterocycles. The van der Waals surface area contributed by atoms with E-state index in [4.69, 9.17) is 14.8 Å². The molecule has 5 nitrogen and oxygen atoms in total. The highest BCUT2D eigenvalue weighted by Crippen LogP contribution is 2.31. The highest BCUT2D eigenvalue weighted by Gasteiger charge is 2.28. The average Bonchev–Trinajstić information content (AvgIpc) is 2.97. The molecule has 2 aromatic rings. The van der Waals surface area contributed by atoms with Crippen LogP contribution in [0.4, 0.5) is 0 Å². The van der Waals surface area contributed by atoms with Crippen LogP contribution in [0.2, 0.25) is 0 Å². The minimum absolute atomic E-state index is 0.0172. The summed E-state index contributed by atoms with van der Waals surface area (Å²) < 4.78 is 7.20. The Bertz CT molecular complexity index is 731. The molecule has 0 saturated carbocycles. The molecular formula is C17H20N2O3S. The third kappa shape index (κ3) is 3.34. The van der Waals surface area contributed by atoms with Gasteiger partial charge in [0.1, 0.15) is 6.23 Å². The topological polar surface area (TPSA) is 64.4 Å². The number of aliphatic hydroxyl groups excluding tert-OH is 1. The van der Waals surface area contributed by atoms with E-state index in [1.807, 2.05) is 37.3 Å². The van der Waals surface area contributed by atoms with Gasteiger partial charge in [0.2, 0.25) is 0 Å². The van der Waals surface area contributed by atoms with Gasteiger partial charge in [-0.2, -0.15) is 0 Å². The van der Waals surface area contributed by atoms with E-state index >= 15 is 0 Å². The SMILES string of the molecule is CCc1c(Cc2ccccc2)nc2n(c1=O)C(OCCO)CS2. The second kappa shape index (κ2) is 7.29. The van der Waals surface area contributed by atoms with E-state index in [0.717, 1.165) is 16.8 Å². The highest BCUT2D eigenvalue weighted by molar-refractivity contribution is 7.99. The predicted octanol–water partition coefficient (Wildman–Crippen LogP) is 2.01. The largest absolute Gasteiger partial charge is 0.394 e. The maximum absolute atomic E-state index is 12.8. The Balaban J connectivity index is 1.97. The number of aliphatic hydroxyl groups is 1. The predicted molar refractivity (Wildman–Crippen MR) is 89.9 cm³/mol. The van der Waals surface area contributed by atoms with Crippen LogP contribution in [0.25, 0.3) is 0 Å². The molecule has 1 N–H and O–H groups in total. The molecule has 0 bridgehead atoms.